The molecule has 0 bridgehead atoms. The number of aromatic carboxylic acids is 1. The normalized spacial score (nSPS) is 12.7. The zero-order valence-corrected chi connectivity index (χ0v) is 11.7. The second-order valence-electron chi connectivity index (χ2n) is 4.43. The second kappa shape index (κ2) is 5.87. The second-order valence-corrected chi connectivity index (χ2v) is 6.61. The zero-order chi connectivity index (χ0) is 15.5. The van der Waals surface area contributed by atoms with E-state index < -0.39 is 26.8 Å². The van der Waals surface area contributed by atoms with Gasteiger partial charge in [0.15, 0.2) is 0 Å². The number of carbonyl (C=O) groups is 1. The number of nitrogens with one attached hydrogen (secondary N) is 1. The van der Waals surface area contributed by atoms with Crippen molar-refractivity contribution in [2.45, 2.75) is 13.0 Å². The largest absolute Gasteiger partial charge is 0.478 e. The van der Waals surface area contributed by atoms with E-state index in [1.54, 1.807) is 6.92 Å². The van der Waals surface area contributed by atoms with E-state index >= 15 is 0 Å². The highest BCUT2D eigenvalue weighted by molar-refractivity contribution is 7.90. The monoisotopic (exact) mass is 302 g/mol. The summed E-state index contributed by atoms with van der Waals surface area (Å²) in [4.78, 5) is 21.1. The van der Waals surface area contributed by atoms with E-state index in [4.69, 9.17) is 5.11 Å². The molecule has 1 aromatic carbocycles. The average molecular weight is 302 g/mol. The number of hydrogen-bond donors (Lipinski definition) is 2. The molecule has 9 heteroatoms. The minimum atomic E-state index is -3.25. The van der Waals surface area contributed by atoms with E-state index in [1.165, 1.54) is 0 Å². The summed E-state index contributed by atoms with van der Waals surface area (Å²) in [5, 5.41) is 22.4. The van der Waals surface area contributed by atoms with Gasteiger partial charge in [-0.05, 0) is 13.0 Å². The summed E-state index contributed by atoms with van der Waals surface area (Å²) in [6.45, 7) is 1.55. The summed E-state index contributed by atoms with van der Waals surface area (Å²) in [7, 11) is -3.25. The van der Waals surface area contributed by atoms with Crippen LogP contribution in [-0.4, -0.2) is 42.5 Å². The molecule has 0 aliphatic heterocycles. The molecule has 0 fully saturated rings. The SMILES string of the molecule is CC(CS(C)(=O)=O)Nc1cc([N+](=O)[O-])ccc1C(=O)O. The van der Waals surface area contributed by atoms with Crippen molar-refractivity contribution >= 4 is 27.2 Å². The smallest absolute Gasteiger partial charge is 0.337 e. The third-order valence-corrected chi connectivity index (χ3v) is 3.50. The highest BCUT2D eigenvalue weighted by Gasteiger charge is 2.18. The van der Waals surface area contributed by atoms with Gasteiger partial charge in [0.2, 0.25) is 0 Å². The molecule has 0 amide bonds. The predicted molar refractivity (Wildman–Crippen MR) is 72.9 cm³/mol. The van der Waals surface area contributed by atoms with Crippen LogP contribution in [0.4, 0.5) is 11.4 Å². The fourth-order valence-electron chi connectivity index (χ4n) is 1.71. The lowest BCUT2D eigenvalue weighted by Gasteiger charge is -2.15. The van der Waals surface area contributed by atoms with Crippen LogP contribution in [0.3, 0.4) is 0 Å². The van der Waals surface area contributed by atoms with Crippen LogP contribution in [0.2, 0.25) is 0 Å². The van der Waals surface area contributed by atoms with Gasteiger partial charge in [0.05, 0.1) is 21.9 Å². The summed E-state index contributed by atoms with van der Waals surface area (Å²) in [5.74, 6) is -1.47. The Hall–Kier alpha value is -2.16. The van der Waals surface area contributed by atoms with Gasteiger partial charge >= 0.3 is 5.97 Å². The molecule has 110 valence electrons. The Morgan fingerprint density at radius 2 is 2.10 bits per heavy atom. The molecule has 0 spiro atoms. The van der Waals surface area contributed by atoms with Gasteiger partial charge < -0.3 is 10.4 Å². The molecule has 0 saturated carbocycles. The Morgan fingerprint density at radius 3 is 2.55 bits per heavy atom. The molecule has 20 heavy (non-hydrogen) atoms. The number of nitro groups is 1. The number of nitro benzene ring substituents is 1. The lowest BCUT2D eigenvalue weighted by atomic mass is 10.1. The van der Waals surface area contributed by atoms with Gasteiger partial charge in [0.1, 0.15) is 9.84 Å². The molecule has 1 unspecified atom stereocenters. The van der Waals surface area contributed by atoms with Crippen LogP contribution in [0.15, 0.2) is 18.2 Å². The Kier molecular flexibility index (Phi) is 4.66. The Labute approximate surface area is 115 Å². The molecule has 1 rings (SSSR count). The van der Waals surface area contributed by atoms with Crippen LogP contribution in [0.1, 0.15) is 17.3 Å². The van der Waals surface area contributed by atoms with Crippen LogP contribution < -0.4 is 5.32 Å². The molecule has 0 radical (unpaired) electrons. The predicted octanol–water partition coefficient (Wildman–Crippen LogP) is 1.14. The van der Waals surface area contributed by atoms with Crippen LogP contribution in [-0.2, 0) is 9.84 Å². The highest BCUT2D eigenvalue weighted by atomic mass is 32.2. The molecule has 0 saturated heterocycles. The van der Waals surface area contributed by atoms with E-state index in [1.807, 2.05) is 0 Å². The van der Waals surface area contributed by atoms with Crippen LogP contribution in [0, 0.1) is 10.1 Å². The van der Waals surface area contributed by atoms with Crippen molar-refractivity contribution in [3.63, 3.8) is 0 Å². The molecule has 1 atom stereocenters. The maximum absolute atomic E-state index is 11.2. The molecule has 8 nitrogen and oxygen atoms in total. The van der Waals surface area contributed by atoms with Crippen molar-refractivity contribution in [1.82, 2.24) is 0 Å². The van der Waals surface area contributed by atoms with E-state index in [9.17, 15) is 23.3 Å². The Morgan fingerprint density at radius 1 is 1.50 bits per heavy atom. The molecular weight excluding hydrogens is 288 g/mol. The average Bonchev–Trinajstić information content (AvgIpc) is 2.25. The molecular formula is C11H14N2O6S. The first kappa shape index (κ1) is 15.9. The number of sulfone groups is 1. The molecule has 0 aromatic heterocycles. The van der Waals surface area contributed by atoms with E-state index in [2.05, 4.69) is 5.32 Å². The first-order valence-corrected chi connectivity index (χ1v) is 7.62. The minimum Gasteiger partial charge on any atom is -0.478 e. The van der Waals surface area contributed by atoms with Crippen molar-refractivity contribution in [3.8, 4) is 0 Å². The molecule has 0 aliphatic carbocycles. The number of benzene rings is 1. The highest BCUT2D eigenvalue weighted by Crippen LogP contribution is 2.23. The number of carboxylic acid groups (broad SMARTS) is 1. The maximum Gasteiger partial charge on any atom is 0.337 e. The van der Waals surface area contributed by atoms with E-state index in [-0.39, 0.29) is 22.7 Å². The Bertz CT molecular complexity index is 640. The van der Waals surface area contributed by atoms with Gasteiger partial charge in [0, 0.05) is 24.4 Å². The lowest BCUT2D eigenvalue weighted by molar-refractivity contribution is -0.384. The van der Waals surface area contributed by atoms with Crippen LogP contribution >= 0.6 is 0 Å². The summed E-state index contributed by atoms with van der Waals surface area (Å²) in [5.41, 5.74) is -0.414. The first-order valence-electron chi connectivity index (χ1n) is 5.56. The van der Waals surface area contributed by atoms with Crippen molar-refractivity contribution in [2.75, 3.05) is 17.3 Å². The lowest BCUT2D eigenvalue weighted by Crippen LogP contribution is -2.26. The summed E-state index contributed by atoms with van der Waals surface area (Å²) in [6.07, 6.45) is 1.05. The fraction of sp³-hybridized carbons (Fsp3) is 0.364. The minimum absolute atomic E-state index is 0.0165. The van der Waals surface area contributed by atoms with E-state index in [0.717, 1.165) is 24.5 Å². The third kappa shape index (κ3) is 4.50. The fourth-order valence-corrected chi connectivity index (χ4v) is 2.70. The number of nitrogens with zero attached hydrogens (tertiary/aromatic N) is 1. The van der Waals surface area contributed by atoms with Gasteiger partial charge in [0.25, 0.3) is 5.69 Å². The number of rotatable bonds is 6. The van der Waals surface area contributed by atoms with Gasteiger partial charge in [-0.3, -0.25) is 10.1 Å². The number of carboxylic acids is 1. The van der Waals surface area contributed by atoms with Gasteiger partial charge in [-0.15, -0.1) is 0 Å². The Balaban J connectivity index is 3.10. The third-order valence-electron chi connectivity index (χ3n) is 2.40. The molecule has 0 aliphatic rings. The molecule has 2 N–H and O–H groups in total. The van der Waals surface area contributed by atoms with Gasteiger partial charge in [-0.2, -0.15) is 0 Å². The van der Waals surface area contributed by atoms with Crippen molar-refractivity contribution in [1.29, 1.82) is 0 Å². The quantitative estimate of drug-likeness (QED) is 0.595. The van der Waals surface area contributed by atoms with E-state index in [0.29, 0.717) is 0 Å². The summed E-state index contributed by atoms with van der Waals surface area (Å²) < 4.78 is 22.3. The number of anilines is 1. The van der Waals surface area contributed by atoms with Crippen molar-refractivity contribution in [3.05, 3.63) is 33.9 Å². The topological polar surface area (TPSA) is 127 Å². The first-order chi connectivity index (χ1) is 9.10. The van der Waals surface area contributed by atoms with Crippen LogP contribution in [0.25, 0.3) is 0 Å². The van der Waals surface area contributed by atoms with Crippen molar-refractivity contribution < 1.29 is 23.2 Å². The zero-order valence-electron chi connectivity index (χ0n) is 10.9. The summed E-state index contributed by atoms with van der Waals surface area (Å²) in [6, 6.07) is 2.68. The number of hydrogen-bond acceptors (Lipinski definition) is 6. The molecule has 1 aromatic rings. The van der Waals surface area contributed by atoms with Gasteiger partial charge in [-0.1, -0.05) is 0 Å². The van der Waals surface area contributed by atoms with Crippen LogP contribution in [0.5, 0.6) is 0 Å². The molecule has 0 heterocycles. The number of non-ortho nitro benzene ring substituents is 1. The van der Waals surface area contributed by atoms with Crippen molar-refractivity contribution in [2.24, 2.45) is 0 Å². The maximum atomic E-state index is 11.2. The summed E-state index contributed by atoms with van der Waals surface area (Å²) >= 11 is 0. The standard InChI is InChI=1S/C11H14N2O6S/c1-7(6-20(2,18)19)12-10-5-8(13(16)17)3-4-9(10)11(14)15/h3-5,7,12H,6H2,1-2H3,(H,14,15). The van der Waals surface area contributed by atoms with Gasteiger partial charge in [-0.25, -0.2) is 13.2 Å².